The van der Waals surface area contributed by atoms with Crippen LogP contribution in [0.4, 0.5) is 0 Å². The number of hydrogen-bond donors (Lipinski definition) is 4. The molecule has 3 aromatic rings. The highest BCUT2D eigenvalue weighted by molar-refractivity contribution is 7.46. The zero-order chi connectivity index (χ0) is 24.1. The molecule has 2 heterocycles. The SMILES string of the molecule is [2H]c1cccc(-c2cc(=O)c3c(OP(=O)(O)O)cc(O)c([C@H]4CCN(C)C[C@H]4O)c3o2)c1Cl. The Morgan fingerprint density at radius 3 is 2.78 bits per heavy atom. The Balaban J connectivity index is 2.04. The molecule has 0 aliphatic carbocycles. The van der Waals surface area contributed by atoms with Gasteiger partial charge in [-0.05, 0) is 32.1 Å². The highest BCUT2D eigenvalue weighted by atomic mass is 35.5. The number of aromatic hydroxyl groups is 1. The fourth-order valence-electron chi connectivity index (χ4n) is 4.03. The minimum atomic E-state index is -5.08. The minimum absolute atomic E-state index is 0.00399. The number of likely N-dealkylation sites (N-methyl/N-ethyl adjacent to an activating group) is 1. The van der Waals surface area contributed by atoms with Gasteiger partial charge in [-0.2, -0.15) is 0 Å². The van der Waals surface area contributed by atoms with Gasteiger partial charge in [-0.3, -0.25) is 14.6 Å². The van der Waals surface area contributed by atoms with Gasteiger partial charge in [0.05, 0.1) is 12.5 Å². The number of piperidine rings is 1. The molecular formula is C21H21ClNO8P. The highest BCUT2D eigenvalue weighted by Crippen LogP contribution is 2.47. The van der Waals surface area contributed by atoms with Crippen molar-refractivity contribution in [3.8, 4) is 22.8 Å². The monoisotopic (exact) mass is 482 g/mol. The van der Waals surface area contributed by atoms with Crippen molar-refractivity contribution in [2.45, 2.75) is 18.4 Å². The Morgan fingerprint density at radius 1 is 1.34 bits per heavy atom. The first-order chi connectivity index (χ1) is 15.5. The maximum absolute atomic E-state index is 13.1. The van der Waals surface area contributed by atoms with Gasteiger partial charge in [-0.25, -0.2) is 4.57 Å². The average Bonchev–Trinajstić information content (AvgIpc) is 2.69. The number of phenolic OH excluding ortho intramolecular Hbond substituents is 1. The normalized spacial score (nSPS) is 20.3. The molecule has 0 spiro atoms. The van der Waals surface area contributed by atoms with Crippen LogP contribution in [-0.2, 0) is 4.57 Å². The summed E-state index contributed by atoms with van der Waals surface area (Å²) in [4.78, 5) is 33.6. The Labute approximate surface area is 189 Å². The van der Waals surface area contributed by atoms with Crippen LogP contribution in [-0.4, -0.2) is 51.1 Å². The first-order valence-corrected chi connectivity index (χ1v) is 11.6. The molecule has 9 nitrogen and oxygen atoms in total. The standard InChI is InChI=1S/C21H21ClNO8P/c1-23-7-6-12(16(26)10-23)19-14(24)9-18(31-32(27,28)29)20-15(25)8-17(30-21(19)20)11-4-2-3-5-13(11)22/h2-5,8-9,12,16,24,26H,6-7,10H2,1H3,(H2,27,28,29)/t12-,16+/m0/s1/i5D. The molecule has 0 unspecified atom stereocenters. The van der Waals surface area contributed by atoms with Crippen LogP contribution in [0.3, 0.4) is 0 Å². The average molecular weight is 483 g/mol. The van der Waals surface area contributed by atoms with Crippen molar-refractivity contribution in [3.63, 3.8) is 0 Å². The fourth-order valence-corrected chi connectivity index (χ4v) is 4.65. The van der Waals surface area contributed by atoms with Crippen molar-refractivity contribution in [2.24, 2.45) is 0 Å². The molecule has 0 radical (unpaired) electrons. The lowest BCUT2D eigenvalue weighted by atomic mass is 9.85. The molecule has 11 heteroatoms. The van der Waals surface area contributed by atoms with Gasteiger partial charge in [-0.1, -0.05) is 23.7 Å². The van der Waals surface area contributed by atoms with Crippen molar-refractivity contribution in [1.82, 2.24) is 4.90 Å². The second-order valence-corrected chi connectivity index (χ2v) is 9.23. The predicted molar refractivity (Wildman–Crippen MR) is 118 cm³/mol. The van der Waals surface area contributed by atoms with E-state index in [0.29, 0.717) is 19.5 Å². The van der Waals surface area contributed by atoms with Crippen LogP contribution < -0.4 is 9.95 Å². The number of fused-ring (bicyclic) bond motifs is 1. The number of rotatable bonds is 4. The first kappa shape index (κ1) is 21.5. The number of phosphoric ester groups is 1. The molecule has 0 saturated carbocycles. The summed E-state index contributed by atoms with van der Waals surface area (Å²) in [5.41, 5.74) is -0.509. The molecule has 4 N–H and O–H groups in total. The summed E-state index contributed by atoms with van der Waals surface area (Å²) in [7, 11) is -3.24. The number of aliphatic hydroxyl groups is 1. The number of likely N-dealkylation sites (tertiary alicyclic amines) is 1. The van der Waals surface area contributed by atoms with Crippen LogP contribution >= 0.6 is 19.4 Å². The second kappa shape index (κ2) is 8.51. The number of benzene rings is 2. The predicted octanol–water partition coefficient (Wildman–Crippen LogP) is 3.07. The van der Waals surface area contributed by atoms with Gasteiger partial charge in [-0.15, -0.1) is 0 Å². The van der Waals surface area contributed by atoms with Gasteiger partial charge in [0.2, 0.25) is 0 Å². The Bertz CT molecular complexity index is 1340. The van der Waals surface area contributed by atoms with E-state index in [9.17, 15) is 29.4 Å². The van der Waals surface area contributed by atoms with E-state index in [4.69, 9.17) is 17.4 Å². The van der Waals surface area contributed by atoms with Crippen molar-refractivity contribution in [1.29, 1.82) is 0 Å². The van der Waals surface area contributed by atoms with Crippen molar-refractivity contribution >= 4 is 30.4 Å². The molecule has 0 amide bonds. The topological polar surface area (TPSA) is 141 Å². The molecule has 2 atom stereocenters. The lowest BCUT2D eigenvalue weighted by Gasteiger charge is -2.34. The summed E-state index contributed by atoms with van der Waals surface area (Å²) in [5.74, 6) is -1.63. The lowest BCUT2D eigenvalue weighted by molar-refractivity contribution is 0.0630. The zero-order valence-electron chi connectivity index (χ0n) is 17.9. The molecule has 170 valence electrons. The summed E-state index contributed by atoms with van der Waals surface area (Å²) in [5, 5.41) is 21.2. The van der Waals surface area contributed by atoms with Crippen molar-refractivity contribution in [2.75, 3.05) is 20.1 Å². The van der Waals surface area contributed by atoms with Gasteiger partial charge in [0, 0.05) is 35.7 Å². The third kappa shape index (κ3) is 4.41. The summed E-state index contributed by atoms with van der Waals surface area (Å²) < 4.78 is 30.0. The summed E-state index contributed by atoms with van der Waals surface area (Å²) in [6.45, 7) is 0.906. The van der Waals surface area contributed by atoms with Gasteiger partial charge in [0.1, 0.15) is 28.2 Å². The van der Waals surface area contributed by atoms with Gasteiger partial charge in [0.25, 0.3) is 0 Å². The Morgan fingerprint density at radius 2 is 2.09 bits per heavy atom. The number of phosphoric acid groups is 1. The molecule has 4 rings (SSSR count). The van der Waals surface area contributed by atoms with Crippen LogP contribution in [0.25, 0.3) is 22.3 Å². The molecule has 1 aliphatic heterocycles. The van der Waals surface area contributed by atoms with E-state index < -0.39 is 36.8 Å². The van der Waals surface area contributed by atoms with Crippen LogP contribution in [0, 0.1) is 0 Å². The van der Waals surface area contributed by atoms with Crippen LogP contribution in [0.2, 0.25) is 5.02 Å². The minimum Gasteiger partial charge on any atom is -0.507 e. The van der Waals surface area contributed by atoms with Crippen LogP contribution in [0.5, 0.6) is 11.5 Å². The molecule has 1 fully saturated rings. The number of β-amino-alcohol motifs (C(OH)–C–C–N with tert-alkyl or cyclic N) is 1. The van der Waals surface area contributed by atoms with E-state index in [-0.39, 0.29) is 38.9 Å². The van der Waals surface area contributed by atoms with E-state index in [2.05, 4.69) is 4.52 Å². The van der Waals surface area contributed by atoms with Crippen LogP contribution in [0.1, 0.15) is 19.3 Å². The van der Waals surface area contributed by atoms with Gasteiger partial charge >= 0.3 is 7.82 Å². The number of hydrogen-bond acceptors (Lipinski definition) is 7. The lowest BCUT2D eigenvalue weighted by Crippen LogP contribution is -2.40. The third-order valence-electron chi connectivity index (χ3n) is 5.43. The molecule has 1 aromatic heterocycles. The number of halogens is 1. The quantitative estimate of drug-likeness (QED) is 0.413. The van der Waals surface area contributed by atoms with Crippen LogP contribution in [0.15, 0.2) is 45.6 Å². The summed E-state index contributed by atoms with van der Waals surface area (Å²) >= 11 is 6.24. The first-order valence-electron chi connectivity index (χ1n) is 10.2. The maximum atomic E-state index is 13.1. The van der Waals surface area contributed by atoms with E-state index in [0.717, 1.165) is 12.1 Å². The Hall–Kier alpha value is -2.39. The summed E-state index contributed by atoms with van der Waals surface area (Å²) in [6.07, 6.45) is -0.476. The number of phenols is 1. The fraction of sp³-hybridized carbons (Fsp3) is 0.286. The number of nitrogens with zero attached hydrogens (tertiary/aromatic N) is 1. The van der Waals surface area contributed by atoms with Crippen molar-refractivity contribution < 1.29 is 34.9 Å². The second-order valence-electron chi connectivity index (χ2n) is 7.69. The van der Waals surface area contributed by atoms with Gasteiger partial charge < -0.3 is 24.1 Å². The van der Waals surface area contributed by atoms with Gasteiger partial charge in [0.15, 0.2) is 5.43 Å². The van der Waals surface area contributed by atoms with E-state index in [1.165, 1.54) is 6.07 Å². The maximum Gasteiger partial charge on any atom is 0.524 e. The molecular weight excluding hydrogens is 461 g/mol. The summed E-state index contributed by atoms with van der Waals surface area (Å²) in [6, 6.07) is 6.58. The molecule has 32 heavy (non-hydrogen) atoms. The van der Waals surface area contributed by atoms with E-state index in [1.807, 2.05) is 11.9 Å². The Kier molecular flexibility index (Phi) is 5.71. The van der Waals surface area contributed by atoms with E-state index >= 15 is 0 Å². The highest BCUT2D eigenvalue weighted by Gasteiger charge is 2.34. The molecule has 1 saturated heterocycles. The zero-order valence-corrected chi connectivity index (χ0v) is 18.5. The van der Waals surface area contributed by atoms with Crippen molar-refractivity contribution in [3.05, 3.63) is 57.2 Å². The largest absolute Gasteiger partial charge is 0.524 e. The van der Waals surface area contributed by atoms with E-state index in [1.54, 1.807) is 12.1 Å². The molecule has 2 aromatic carbocycles. The number of aliphatic hydroxyl groups excluding tert-OH is 1. The molecule has 1 aliphatic rings. The smallest absolute Gasteiger partial charge is 0.507 e. The molecule has 0 bridgehead atoms. The third-order valence-corrected chi connectivity index (χ3v) is 6.17.